The van der Waals surface area contributed by atoms with Crippen molar-refractivity contribution in [3.63, 3.8) is 0 Å². The van der Waals surface area contributed by atoms with Crippen molar-refractivity contribution < 1.29 is 40.7 Å². The largest absolute Gasteiger partial charge is 0.618 e. The van der Waals surface area contributed by atoms with Crippen LogP contribution in [0.5, 0.6) is 0 Å². The van der Waals surface area contributed by atoms with Gasteiger partial charge in [-0.3, -0.25) is 9.53 Å². The van der Waals surface area contributed by atoms with E-state index in [1.807, 2.05) is 0 Å². The average Bonchev–Trinajstić information content (AvgIpc) is 3.59. The zero-order chi connectivity index (χ0) is 28.5. The molecule has 1 unspecified atom stereocenters. The summed E-state index contributed by atoms with van der Waals surface area (Å²) in [6, 6.07) is 11.9. The van der Waals surface area contributed by atoms with Gasteiger partial charge in [0.25, 0.3) is 5.71 Å². The number of aryl methyl sites for hydroxylation is 1. The number of nitrogens with zero attached hydrogens (tertiary/aromatic N) is 4. The average molecular weight is 593 g/mol. The van der Waals surface area contributed by atoms with Gasteiger partial charge in [0.15, 0.2) is 6.20 Å². The van der Waals surface area contributed by atoms with Gasteiger partial charge in [0.1, 0.15) is 17.5 Å². The molecule has 0 bridgehead atoms. The number of benzene rings is 1. The molecule has 0 amide bonds. The van der Waals surface area contributed by atoms with E-state index < -0.39 is 40.9 Å². The number of fused-ring (bicyclic) bond motifs is 1. The molecular weight excluding hydrogens is 570 g/mol. The van der Waals surface area contributed by atoms with Gasteiger partial charge in [-0.05, 0) is 24.6 Å². The number of carbonyl (C=O) groups excluding carboxylic acids is 1. The number of hydrogen-bond acceptors (Lipinski definition) is 10. The fourth-order valence-electron chi connectivity index (χ4n) is 4.39. The molecule has 0 saturated carbocycles. The molecule has 40 heavy (non-hydrogen) atoms. The molecule has 210 valence electrons. The van der Waals surface area contributed by atoms with Crippen molar-refractivity contribution in [3.05, 3.63) is 89.1 Å². The second kappa shape index (κ2) is 11.1. The van der Waals surface area contributed by atoms with Crippen LogP contribution in [0, 0.1) is 12.1 Å². The zero-order valence-electron chi connectivity index (χ0n) is 20.8. The molecule has 1 fully saturated rings. The van der Waals surface area contributed by atoms with E-state index in [0.29, 0.717) is 15.8 Å². The van der Waals surface area contributed by atoms with E-state index in [1.54, 1.807) is 25.1 Å². The number of halogens is 2. The lowest BCUT2D eigenvalue weighted by molar-refractivity contribution is -0.623. The molecular formula is C25H22F2N4O7S2. The molecule has 0 spiro atoms. The smallest absolute Gasteiger partial charge is 0.346 e. The van der Waals surface area contributed by atoms with E-state index in [1.165, 1.54) is 48.2 Å². The number of hydrogen-bond donors (Lipinski definition) is 0. The Morgan fingerprint density at radius 1 is 1.27 bits per heavy atom. The Labute approximate surface area is 231 Å². The Balaban J connectivity index is 1.46. The predicted octanol–water partition coefficient (Wildman–Crippen LogP) is 2.95. The molecule has 0 N–H and O–H groups in total. The van der Waals surface area contributed by atoms with Gasteiger partial charge in [0.2, 0.25) is 21.3 Å². The Kier molecular flexibility index (Phi) is 7.72. The summed E-state index contributed by atoms with van der Waals surface area (Å²) < 4.78 is 71.5. The van der Waals surface area contributed by atoms with Gasteiger partial charge in [-0.15, -0.1) is 11.8 Å². The molecule has 4 heterocycles. The highest BCUT2D eigenvalue weighted by Crippen LogP contribution is 2.36. The van der Waals surface area contributed by atoms with Gasteiger partial charge >= 0.3 is 12.6 Å². The number of aromatic nitrogens is 3. The van der Waals surface area contributed by atoms with Crippen molar-refractivity contribution in [2.24, 2.45) is 0 Å². The minimum Gasteiger partial charge on any atom is -0.618 e. The number of rotatable bonds is 9. The maximum absolute atomic E-state index is 13.8. The molecule has 0 aliphatic carbocycles. The fourth-order valence-corrected chi connectivity index (χ4v) is 7.49. The molecule has 1 saturated heterocycles. The van der Waals surface area contributed by atoms with Gasteiger partial charge < -0.3 is 14.5 Å². The topological polar surface area (TPSA) is 139 Å². The zero-order valence-corrected chi connectivity index (χ0v) is 22.5. The lowest BCUT2D eigenvalue weighted by Gasteiger charge is -2.32. The van der Waals surface area contributed by atoms with E-state index in [2.05, 4.69) is 10.1 Å². The number of pyridine rings is 2. The highest BCUT2D eigenvalue weighted by molar-refractivity contribution is 8.00. The summed E-state index contributed by atoms with van der Waals surface area (Å²) >= 11 is 1.18. The van der Waals surface area contributed by atoms with Gasteiger partial charge in [-0.25, -0.2) is 13.4 Å². The summed E-state index contributed by atoms with van der Waals surface area (Å²) in [5.41, 5.74) is -1.70. The maximum atomic E-state index is 13.8. The van der Waals surface area contributed by atoms with Gasteiger partial charge in [-0.2, -0.15) is 17.8 Å². The normalized spacial score (nSPS) is 17.8. The van der Waals surface area contributed by atoms with Crippen LogP contribution in [0.15, 0.2) is 76.4 Å². The quantitative estimate of drug-likeness (QED) is 0.162. The first-order chi connectivity index (χ1) is 19.1. The summed E-state index contributed by atoms with van der Waals surface area (Å²) in [5, 5.41) is 16.9. The Morgan fingerprint density at radius 2 is 2.02 bits per heavy atom. The Bertz CT molecular complexity index is 1640. The summed E-state index contributed by atoms with van der Waals surface area (Å²) in [6.07, 6.45) is 2.21. The lowest BCUT2D eigenvalue weighted by atomic mass is 9.90. The minimum absolute atomic E-state index is 0.0562. The summed E-state index contributed by atoms with van der Waals surface area (Å²) in [6.45, 7) is -2.54. The predicted molar refractivity (Wildman–Crippen MR) is 137 cm³/mol. The molecule has 1 aliphatic rings. The fraction of sp³-hybridized carbons (Fsp3) is 0.280. The summed E-state index contributed by atoms with van der Waals surface area (Å²) in [7, 11) is -4.23. The first-order valence-corrected chi connectivity index (χ1v) is 14.4. The van der Waals surface area contributed by atoms with E-state index in [9.17, 15) is 27.2 Å². The van der Waals surface area contributed by atoms with Crippen LogP contribution in [0.3, 0.4) is 0 Å². The lowest BCUT2D eigenvalue weighted by Crippen LogP contribution is -2.50. The number of sulfonamides is 1. The second-order valence-corrected chi connectivity index (χ2v) is 11.7. The van der Waals surface area contributed by atoms with Crippen molar-refractivity contribution in [2.75, 3.05) is 18.2 Å². The van der Waals surface area contributed by atoms with Gasteiger partial charge in [0.05, 0.1) is 23.2 Å². The molecule has 15 heteroatoms. The monoisotopic (exact) mass is 592 g/mol. The number of carbonyl (C=O) groups is 1. The highest BCUT2D eigenvalue weighted by atomic mass is 32.2. The molecule has 0 radical (unpaired) electrons. The van der Waals surface area contributed by atoms with Crippen LogP contribution in [-0.4, -0.2) is 59.7 Å². The van der Waals surface area contributed by atoms with Crippen molar-refractivity contribution in [2.45, 2.75) is 30.1 Å². The number of alkyl halides is 2. The summed E-state index contributed by atoms with van der Waals surface area (Å²) in [4.78, 5) is 17.2. The number of esters is 1. The Morgan fingerprint density at radius 3 is 2.75 bits per heavy atom. The third-order valence-electron chi connectivity index (χ3n) is 6.39. The van der Waals surface area contributed by atoms with E-state index in [0.717, 1.165) is 16.7 Å². The van der Waals surface area contributed by atoms with Crippen molar-refractivity contribution in [1.82, 2.24) is 14.4 Å². The first kappa shape index (κ1) is 27.9. The van der Waals surface area contributed by atoms with E-state index >= 15 is 0 Å². The van der Waals surface area contributed by atoms with Gasteiger partial charge in [-0.1, -0.05) is 35.5 Å². The molecule has 5 rings (SSSR count). The van der Waals surface area contributed by atoms with Crippen LogP contribution in [0.25, 0.3) is 11.1 Å². The minimum atomic E-state index is -4.23. The number of ether oxygens (including phenoxy) is 2. The second-order valence-electron chi connectivity index (χ2n) is 8.79. The highest BCUT2D eigenvalue weighted by Gasteiger charge is 2.48. The standard InChI is InChI=1S/C25H22F2N4O7S2/c1-16-19-11-18(12-28-22(19)38-29-16)40(34,35)31-15-39-13-20(31)23(32)36-14-25(37-24(26)27,17-7-3-2-4-8-17)21-9-5-6-10-30(21)33/h2-12,20,24H,13-15H2,1H3/t20-,25?/m0/s1. The van der Waals surface area contributed by atoms with E-state index in [-0.39, 0.29) is 33.5 Å². The van der Waals surface area contributed by atoms with Crippen LogP contribution in [0.4, 0.5) is 8.78 Å². The van der Waals surface area contributed by atoms with Crippen molar-refractivity contribution in [1.29, 1.82) is 0 Å². The Hall–Kier alpha value is -3.66. The third kappa shape index (κ3) is 5.12. The van der Waals surface area contributed by atoms with Crippen molar-refractivity contribution >= 4 is 38.9 Å². The summed E-state index contributed by atoms with van der Waals surface area (Å²) in [5.74, 6) is -0.990. The van der Waals surface area contributed by atoms with Crippen molar-refractivity contribution in [3.8, 4) is 0 Å². The van der Waals surface area contributed by atoms with E-state index in [4.69, 9.17) is 14.0 Å². The molecule has 1 aromatic carbocycles. The number of thioether (sulfide) groups is 1. The van der Waals surface area contributed by atoms with Crippen LogP contribution < -0.4 is 4.73 Å². The van der Waals surface area contributed by atoms with Crippen LogP contribution in [-0.2, 0) is 29.9 Å². The van der Waals surface area contributed by atoms with Crippen LogP contribution in [0.2, 0.25) is 0 Å². The molecule has 1 aliphatic heterocycles. The first-order valence-electron chi connectivity index (χ1n) is 11.8. The molecule has 4 aromatic rings. The van der Waals surface area contributed by atoms with Crippen LogP contribution in [0.1, 0.15) is 17.0 Å². The molecule has 11 nitrogen and oxygen atoms in total. The molecule has 3 aromatic heterocycles. The third-order valence-corrected chi connectivity index (χ3v) is 9.39. The molecule has 2 atom stereocenters. The maximum Gasteiger partial charge on any atom is 0.346 e. The van der Waals surface area contributed by atoms with Gasteiger partial charge in [0, 0.05) is 17.9 Å². The van der Waals surface area contributed by atoms with Crippen LogP contribution >= 0.6 is 11.8 Å². The SMILES string of the molecule is Cc1noc2ncc(S(=O)(=O)N3CSC[C@H]3C(=O)OCC(OC(F)F)(c3ccccc3)c3cccc[n+]3[O-])cc12.